The number of imide groups is 1. The van der Waals surface area contributed by atoms with Gasteiger partial charge in [0.15, 0.2) is 0 Å². The minimum Gasteiger partial charge on any atom is -0.268 e. The highest BCUT2D eigenvalue weighted by Crippen LogP contribution is 2.53. The molecule has 0 saturated carbocycles. The van der Waals surface area contributed by atoms with E-state index in [4.69, 9.17) is 0 Å². The van der Waals surface area contributed by atoms with Crippen LogP contribution < -0.4 is 4.90 Å². The Morgan fingerprint density at radius 2 is 1.47 bits per heavy atom. The lowest BCUT2D eigenvalue weighted by atomic mass is 9.92. The smallest absolute Gasteiger partial charge is 0.268 e. The van der Waals surface area contributed by atoms with E-state index >= 15 is 0 Å². The molecule has 11 heteroatoms. The molecule has 1 aliphatic heterocycles. The Labute approximate surface area is 169 Å². The number of hydrogen-bond donors (Lipinski definition) is 0. The van der Waals surface area contributed by atoms with Crippen molar-refractivity contribution in [1.29, 1.82) is 0 Å². The lowest BCUT2D eigenvalue weighted by Gasteiger charge is -2.31. The van der Waals surface area contributed by atoms with Gasteiger partial charge in [0.05, 0.1) is 16.8 Å². The normalized spacial score (nSPS) is 15.0. The Bertz CT molecular complexity index is 1030. The third kappa shape index (κ3) is 3.06. The Balaban J connectivity index is 2.12. The summed E-state index contributed by atoms with van der Waals surface area (Å²) in [4.78, 5) is 26.6. The van der Waals surface area contributed by atoms with Crippen LogP contribution in [0.25, 0.3) is 0 Å². The van der Waals surface area contributed by atoms with Crippen molar-refractivity contribution in [3.63, 3.8) is 0 Å². The summed E-state index contributed by atoms with van der Waals surface area (Å²) in [7, 11) is 0. The zero-order valence-corrected chi connectivity index (χ0v) is 16.1. The number of hydrogen-bond acceptors (Lipinski definition) is 3. The SMILES string of the molecule is CSc1cccc2c1C(=O)N(c1ccc(C(F)(C(F)(F)F)C(F)(F)F)cc1C)C2=O. The van der Waals surface area contributed by atoms with Gasteiger partial charge in [-0.3, -0.25) is 9.59 Å². The standard InChI is InChI=1S/C19H12F7NO2S/c1-9-8-10(17(20,18(21,22)23)19(24,25)26)6-7-12(9)27-15(28)11-4-3-5-13(30-2)14(11)16(27)29/h3-8H,1-2H3. The summed E-state index contributed by atoms with van der Waals surface area (Å²) in [5.74, 6) is -1.55. The van der Waals surface area contributed by atoms with Crippen LogP contribution in [0.15, 0.2) is 41.3 Å². The first-order valence-electron chi connectivity index (χ1n) is 8.25. The molecule has 0 aliphatic carbocycles. The monoisotopic (exact) mass is 451 g/mol. The summed E-state index contributed by atoms with van der Waals surface area (Å²) >= 11 is 1.19. The van der Waals surface area contributed by atoms with Crippen LogP contribution in [0, 0.1) is 6.92 Å². The quantitative estimate of drug-likeness (QED) is 0.336. The minimum atomic E-state index is -6.26. The highest BCUT2D eigenvalue weighted by Gasteiger charge is 2.73. The molecular weight excluding hydrogens is 439 g/mol. The molecule has 0 spiro atoms. The number of thioether (sulfide) groups is 1. The van der Waals surface area contributed by atoms with Gasteiger partial charge in [0.2, 0.25) is 0 Å². The van der Waals surface area contributed by atoms with Gasteiger partial charge in [-0.15, -0.1) is 11.8 Å². The lowest BCUT2D eigenvalue weighted by molar-refractivity contribution is -0.348. The molecule has 30 heavy (non-hydrogen) atoms. The molecule has 1 aliphatic rings. The van der Waals surface area contributed by atoms with E-state index in [2.05, 4.69) is 0 Å². The summed E-state index contributed by atoms with van der Waals surface area (Å²) in [5.41, 5.74) is -7.68. The van der Waals surface area contributed by atoms with Gasteiger partial charge in [0.1, 0.15) is 0 Å². The fourth-order valence-electron chi connectivity index (χ4n) is 3.25. The van der Waals surface area contributed by atoms with Crippen molar-refractivity contribution in [1.82, 2.24) is 0 Å². The molecule has 2 aromatic carbocycles. The number of carbonyl (C=O) groups excluding carboxylic acids is 2. The largest absolute Gasteiger partial charge is 0.435 e. The second-order valence-corrected chi connectivity index (χ2v) is 7.33. The van der Waals surface area contributed by atoms with Gasteiger partial charge in [-0.2, -0.15) is 26.3 Å². The molecule has 0 bridgehead atoms. The second kappa shape index (κ2) is 7.00. The molecule has 3 nitrogen and oxygen atoms in total. The Kier molecular flexibility index (Phi) is 5.16. The first-order valence-corrected chi connectivity index (χ1v) is 9.47. The van der Waals surface area contributed by atoms with Crippen LogP contribution in [0.2, 0.25) is 0 Å². The van der Waals surface area contributed by atoms with Crippen LogP contribution in [0.5, 0.6) is 0 Å². The molecule has 0 aromatic heterocycles. The topological polar surface area (TPSA) is 37.4 Å². The zero-order chi connectivity index (χ0) is 22.6. The summed E-state index contributed by atoms with van der Waals surface area (Å²) in [6.45, 7) is 1.09. The first kappa shape index (κ1) is 22.1. The van der Waals surface area contributed by atoms with E-state index in [0.717, 1.165) is 6.92 Å². The predicted octanol–water partition coefficient (Wildman–Crippen LogP) is 5.81. The highest BCUT2D eigenvalue weighted by atomic mass is 32.2. The van der Waals surface area contributed by atoms with Gasteiger partial charge in [0, 0.05) is 10.5 Å². The van der Waals surface area contributed by atoms with E-state index < -0.39 is 35.4 Å². The van der Waals surface area contributed by atoms with Crippen LogP contribution in [-0.2, 0) is 5.67 Å². The maximum Gasteiger partial charge on any atom is 0.435 e. The van der Waals surface area contributed by atoms with Gasteiger partial charge < -0.3 is 0 Å². The van der Waals surface area contributed by atoms with E-state index in [9.17, 15) is 40.3 Å². The second-order valence-electron chi connectivity index (χ2n) is 6.48. The number of aryl methyl sites for hydroxylation is 1. The van der Waals surface area contributed by atoms with Crippen LogP contribution in [0.3, 0.4) is 0 Å². The Morgan fingerprint density at radius 3 is 1.97 bits per heavy atom. The van der Waals surface area contributed by atoms with E-state index in [0.29, 0.717) is 21.9 Å². The van der Waals surface area contributed by atoms with Crippen molar-refractivity contribution < 1.29 is 40.3 Å². The maximum absolute atomic E-state index is 14.3. The number of amides is 2. The van der Waals surface area contributed by atoms with Crippen molar-refractivity contribution in [2.24, 2.45) is 0 Å². The molecule has 0 atom stereocenters. The van der Waals surface area contributed by atoms with Gasteiger partial charge in [-0.1, -0.05) is 18.2 Å². The van der Waals surface area contributed by atoms with Crippen molar-refractivity contribution in [3.05, 3.63) is 58.7 Å². The third-order valence-electron chi connectivity index (χ3n) is 4.71. The fourth-order valence-corrected chi connectivity index (χ4v) is 3.87. The van der Waals surface area contributed by atoms with E-state index in [-0.39, 0.29) is 28.4 Å². The number of benzene rings is 2. The summed E-state index contributed by atoms with van der Waals surface area (Å²) in [6.07, 6.45) is -10.9. The number of fused-ring (bicyclic) bond motifs is 1. The van der Waals surface area contributed by atoms with Crippen molar-refractivity contribution in [2.45, 2.75) is 29.8 Å². The van der Waals surface area contributed by atoms with Crippen LogP contribution in [0.1, 0.15) is 31.8 Å². The number of carbonyl (C=O) groups is 2. The molecule has 160 valence electrons. The lowest BCUT2D eigenvalue weighted by Crippen LogP contribution is -2.50. The molecule has 1 heterocycles. The molecule has 3 rings (SSSR count). The molecule has 2 amide bonds. The fraction of sp³-hybridized carbons (Fsp3) is 0.263. The average molecular weight is 451 g/mol. The highest BCUT2D eigenvalue weighted by molar-refractivity contribution is 7.98. The number of halogens is 7. The van der Waals surface area contributed by atoms with E-state index in [1.807, 2.05) is 0 Å². The molecule has 0 radical (unpaired) electrons. The first-order chi connectivity index (χ1) is 13.8. The van der Waals surface area contributed by atoms with Crippen LogP contribution in [0.4, 0.5) is 36.4 Å². The molecular formula is C19H12F7NO2S. The summed E-state index contributed by atoms with van der Waals surface area (Å²) < 4.78 is 92.2. The van der Waals surface area contributed by atoms with Crippen molar-refractivity contribution in [3.8, 4) is 0 Å². The summed E-state index contributed by atoms with van der Waals surface area (Å²) in [5, 5.41) is 0. The van der Waals surface area contributed by atoms with Gasteiger partial charge in [0.25, 0.3) is 11.8 Å². The van der Waals surface area contributed by atoms with E-state index in [1.54, 1.807) is 18.4 Å². The molecule has 0 N–H and O–H groups in total. The van der Waals surface area contributed by atoms with E-state index in [1.165, 1.54) is 17.8 Å². The number of rotatable bonds is 3. The molecule has 0 unspecified atom stereocenters. The third-order valence-corrected chi connectivity index (χ3v) is 5.49. The average Bonchev–Trinajstić information content (AvgIpc) is 2.90. The number of anilines is 1. The van der Waals surface area contributed by atoms with Gasteiger partial charge in [-0.05, 0) is 36.9 Å². The number of nitrogens with zero attached hydrogens (tertiary/aromatic N) is 1. The van der Waals surface area contributed by atoms with Gasteiger partial charge >= 0.3 is 18.0 Å². The Hall–Kier alpha value is -2.56. The number of alkyl halides is 7. The summed E-state index contributed by atoms with van der Waals surface area (Å²) in [6, 6.07) is 5.85. The Morgan fingerprint density at radius 1 is 0.867 bits per heavy atom. The minimum absolute atomic E-state index is 0.0562. The molecule has 0 saturated heterocycles. The zero-order valence-electron chi connectivity index (χ0n) is 15.3. The molecule has 0 fully saturated rings. The van der Waals surface area contributed by atoms with Crippen molar-refractivity contribution in [2.75, 3.05) is 11.2 Å². The predicted molar refractivity (Wildman–Crippen MR) is 95.4 cm³/mol. The van der Waals surface area contributed by atoms with Gasteiger partial charge in [-0.25, -0.2) is 9.29 Å². The van der Waals surface area contributed by atoms with Crippen LogP contribution >= 0.6 is 11.8 Å². The van der Waals surface area contributed by atoms with Crippen molar-refractivity contribution >= 4 is 29.3 Å². The molecule has 2 aromatic rings. The van der Waals surface area contributed by atoms with Crippen LogP contribution in [-0.4, -0.2) is 30.4 Å². The maximum atomic E-state index is 14.3.